The summed E-state index contributed by atoms with van der Waals surface area (Å²) in [6.45, 7) is 1.91. The van der Waals surface area contributed by atoms with Crippen molar-refractivity contribution < 1.29 is 14.7 Å². The molecule has 1 heterocycles. The number of aliphatic imine (C=N–C) groups is 1. The molecule has 25 heavy (non-hydrogen) atoms. The third-order valence-corrected chi connectivity index (χ3v) is 4.64. The van der Waals surface area contributed by atoms with Gasteiger partial charge in [0.25, 0.3) is 5.91 Å². The van der Waals surface area contributed by atoms with Crippen molar-refractivity contribution in [3.63, 3.8) is 0 Å². The van der Waals surface area contributed by atoms with E-state index in [0.29, 0.717) is 20.8 Å². The van der Waals surface area contributed by atoms with Gasteiger partial charge >= 0.3 is 5.97 Å². The molecule has 0 unspecified atom stereocenters. The molecule has 0 aliphatic carbocycles. The van der Waals surface area contributed by atoms with Crippen molar-refractivity contribution in [2.75, 3.05) is 0 Å². The lowest BCUT2D eigenvalue weighted by Crippen LogP contribution is -2.19. The molecule has 2 aromatic carbocycles. The van der Waals surface area contributed by atoms with Gasteiger partial charge in [0.1, 0.15) is 0 Å². The summed E-state index contributed by atoms with van der Waals surface area (Å²) in [6.07, 6.45) is 1.69. The zero-order valence-corrected chi connectivity index (χ0v) is 14.7. The molecule has 2 N–H and O–H groups in total. The summed E-state index contributed by atoms with van der Waals surface area (Å²) in [5, 5.41) is 12.7. The number of carboxylic acid groups (broad SMARTS) is 1. The molecule has 0 aromatic heterocycles. The Bertz CT molecular complexity index is 920. The average molecular weight is 373 g/mol. The zero-order chi connectivity index (χ0) is 18.0. The Hall–Kier alpha value is -2.57. The van der Waals surface area contributed by atoms with Gasteiger partial charge in [-0.3, -0.25) is 4.79 Å². The lowest BCUT2D eigenvalue weighted by molar-refractivity contribution is -0.115. The number of aryl methyl sites for hydroxylation is 1. The lowest BCUT2D eigenvalue weighted by Gasteiger charge is -2.01. The number of hydrogen-bond donors (Lipinski definition) is 2. The maximum Gasteiger partial charge on any atom is 0.335 e. The Morgan fingerprint density at radius 3 is 2.64 bits per heavy atom. The van der Waals surface area contributed by atoms with E-state index in [9.17, 15) is 9.59 Å². The van der Waals surface area contributed by atoms with Gasteiger partial charge in [0.2, 0.25) is 0 Å². The molecule has 1 saturated heterocycles. The van der Waals surface area contributed by atoms with Crippen LogP contribution in [0.5, 0.6) is 0 Å². The number of carbonyl (C=O) groups excluding carboxylic acids is 1. The standard InChI is InChI=1S/C18H13ClN2O3S/c1-10-2-7-13(19)9-14(10)20-18-21-16(22)15(25-18)8-11-3-5-12(6-4-11)17(23)24/h2-9H,1H3,(H,23,24)(H,20,21,22)/b15-8-. The molecule has 0 bridgehead atoms. The average Bonchev–Trinajstić information content (AvgIpc) is 2.91. The van der Waals surface area contributed by atoms with Gasteiger partial charge in [-0.05, 0) is 60.2 Å². The normalized spacial score (nSPS) is 17.1. The van der Waals surface area contributed by atoms with Crippen LogP contribution in [0.4, 0.5) is 5.69 Å². The maximum absolute atomic E-state index is 12.1. The summed E-state index contributed by atoms with van der Waals surface area (Å²) >= 11 is 7.21. The SMILES string of the molecule is Cc1ccc(Cl)cc1N=C1NC(=O)/C(=C/c2ccc(C(=O)O)cc2)S1. The number of rotatable bonds is 3. The van der Waals surface area contributed by atoms with Crippen LogP contribution in [0.25, 0.3) is 6.08 Å². The summed E-state index contributed by atoms with van der Waals surface area (Å²) < 4.78 is 0. The summed E-state index contributed by atoms with van der Waals surface area (Å²) in [5.74, 6) is -1.23. The van der Waals surface area contributed by atoms with Gasteiger partial charge in [-0.25, -0.2) is 9.79 Å². The first kappa shape index (κ1) is 17.3. The number of halogens is 1. The number of benzene rings is 2. The summed E-state index contributed by atoms with van der Waals surface area (Å²) in [5.41, 5.74) is 2.59. The van der Waals surface area contributed by atoms with Gasteiger partial charge in [-0.1, -0.05) is 29.8 Å². The highest BCUT2D eigenvalue weighted by atomic mass is 35.5. The second kappa shape index (κ2) is 7.13. The Kier molecular flexibility index (Phi) is 4.92. The Labute approximate surface area is 153 Å². The van der Waals surface area contributed by atoms with Crippen LogP contribution in [0, 0.1) is 6.92 Å². The highest BCUT2D eigenvalue weighted by Gasteiger charge is 2.24. The molecule has 0 saturated carbocycles. The van der Waals surface area contributed by atoms with Crippen molar-refractivity contribution in [3.05, 3.63) is 69.1 Å². The molecule has 5 nitrogen and oxygen atoms in total. The van der Waals surface area contributed by atoms with Crippen molar-refractivity contribution in [2.24, 2.45) is 4.99 Å². The minimum atomic E-state index is -0.988. The predicted molar refractivity (Wildman–Crippen MR) is 100 cm³/mol. The number of carbonyl (C=O) groups is 2. The van der Waals surface area contributed by atoms with Crippen LogP contribution in [-0.4, -0.2) is 22.2 Å². The zero-order valence-electron chi connectivity index (χ0n) is 13.1. The van der Waals surface area contributed by atoms with E-state index in [0.717, 1.165) is 11.1 Å². The molecule has 1 aliphatic heterocycles. The number of nitrogens with zero attached hydrogens (tertiary/aromatic N) is 1. The van der Waals surface area contributed by atoms with E-state index in [4.69, 9.17) is 16.7 Å². The first-order valence-electron chi connectivity index (χ1n) is 7.31. The number of amidine groups is 1. The first-order chi connectivity index (χ1) is 11.9. The Balaban J connectivity index is 1.83. The fourth-order valence-corrected chi connectivity index (χ4v) is 3.17. The molecular weight excluding hydrogens is 360 g/mol. The molecule has 0 atom stereocenters. The number of nitrogens with one attached hydrogen (secondary N) is 1. The van der Waals surface area contributed by atoms with E-state index in [-0.39, 0.29) is 11.5 Å². The van der Waals surface area contributed by atoms with Gasteiger partial charge in [-0.2, -0.15) is 0 Å². The molecule has 3 rings (SSSR count). The molecular formula is C18H13ClN2O3S. The van der Waals surface area contributed by atoms with Crippen LogP contribution in [0.3, 0.4) is 0 Å². The monoisotopic (exact) mass is 372 g/mol. The van der Waals surface area contributed by atoms with E-state index in [2.05, 4.69) is 10.3 Å². The third-order valence-electron chi connectivity index (χ3n) is 3.50. The van der Waals surface area contributed by atoms with Gasteiger partial charge in [-0.15, -0.1) is 0 Å². The van der Waals surface area contributed by atoms with Crippen LogP contribution in [0.2, 0.25) is 5.02 Å². The second-order valence-corrected chi connectivity index (χ2v) is 6.81. The van der Waals surface area contributed by atoms with E-state index < -0.39 is 5.97 Å². The molecule has 0 spiro atoms. The first-order valence-corrected chi connectivity index (χ1v) is 8.51. The highest BCUT2D eigenvalue weighted by Crippen LogP contribution is 2.30. The number of aromatic carboxylic acids is 1. The fourth-order valence-electron chi connectivity index (χ4n) is 2.17. The number of carboxylic acids is 1. The second-order valence-electron chi connectivity index (χ2n) is 5.34. The molecule has 1 aliphatic rings. The summed E-state index contributed by atoms with van der Waals surface area (Å²) in [4.78, 5) is 27.9. The van der Waals surface area contributed by atoms with Crippen LogP contribution in [0.1, 0.15) is 21.5 Å². The van der Waals surface area contributed by atoms with Crippen LogP contribution in [-0.2, 0) is 4.79 Å². The molecule has 1 fully saturated rings. The van der Waals surface area contributed by atoms with E-state index in [1.807, 2.05) is 13.0 Å². The van der Waals surface area contributed by atoms with Crippen LogP contribution in [0.15, 0.2) is 52.4 Å². The minimum Gasteiger partial charge on any atom is -0.478 e. The van der Waals surface area contributed by atoms with Crippen LogP contribution < -0.4 is 5.32 Å². The lowest BCUT2D eigenvalue weighted by atomic mass is 10.1. The fraction of sp³-hybridized carbons (Fsp3) is 0.0556. The molecule has 1 amide bonds. The van der Waals surface area contributed by atoms with Crippen LogP contribution >= 0.6 is 23.4 Å². The number of hydrogen-bond acceptors (Lipinski definition) is 4. The Morgan fingerprint density at radius 2 is 1.96 bits per heavy atom. The quantitative estimate of drug-likeness (QED) is 0.790. The summed E-state index contributed by atoms with van der Waals surface area (Å²) in [6, 6.07) is 11.7. The topological polar surface area (TPSA) is 78.8 Å². The van der Waals surface area contributed by atoms with E-state index in [1.54, 1.807) is 30.3 Å². The highest BCUT2D eigenvalue weighted by molar-refractivity contribution is 8.18. The minimum absolute atomic E-state index is 0.198. The van der Waals surface area contributed by atoms with Crippen molar-refractivity contribution in [1.82, 2.24) is 5.32 Å². The Morgan fingerprint density at radius 1 is 1.24 bits per heavy atom. The smallest absolute Gasteiger partial charge is 0.335 e. The summed E-state index contributed by atoms with van der Waals surface area (Å²) in [7, 11) is 0. The predicted octanol–water partition coefficient (Wildman–Crippen LogP) is 4.24. The van der Waals surface area contributed by atoms with Gasteiger partial charge in [0, 0.05) is 5.02 Å². The van der Waals surface area contributed by atoms with Gasteiger partial charge in [0.15, 0.2) is 5.17 Å². The maximum atomic E-state index is 12.1. The third kappa shape index (κ3) is 4.10. The van der Waals surface area contributed by atoms with Crippen molar-refractivity contribution in [3.8, 4) is 0 Å². The largest absolute Gasteiger partial charge is 0.478 e. The van der Waals surface area contributed by atoms with Crippen molar-refractivity contribution >= 4 is 52.2 Å². The molecule has 126 valence electrons. The number of thioether (sulfide) groups is 1. The van der Waals surface area contributed by atoms with Gasteiger partial charge < -0.3 is 10.4 Å². The molecule has 0 radical (unpaired) electrons. The molecule has 7 heteroatoms. The number of amides is 1. The van der Waals surface area contributed by atoms with Crippen molar-refractivity contribution in [1.29, 1.82) is 0 Å². The van der Waals surface area contributed by atoms with Gasteiger partial charge in [0.05, 0.1) is 16.2 Å². The van der Waals surface area contributed by atoms with Crippen molar-refractivity contribution in [2.45, 2.75) is 6.92 Å². The van der Waals surface area contributed by atoms with E-state index >= 15 is 0 Å². The molecule has 2 aromatic rings. The van der Waals surface area contributed by atoms with E-state index in [1.165, 1.54) is 23.9 Å².